The van der Waals surface area contributed by atoms with Crippen LogP contribution in [0.4, 0.5) is 13.2 Å². The van der Waals surface area contributed by atoms with E-state index in [0.717, 1.165) is 19.3 Å². The predicted molar refractivity (Wildman–Crippen MR) is 139 cm³/mol. The molecule has 0 fully saturated rings. The Bertz CT molecular complexity index is 773. The van der Waals surface area contributed by atoms with Crippen LogP contribution in [0, 0.1) is 11.2 Å². The number of aromatic nitrogens is 1. The molecule has 1 aromatic rings. The van der Waals surface area contributed by atoms with Gasteiger partial charge in [-0.25, -0.2) is 18.2 Å². The zero-order chi connectivity index (χ0) is 26.5. The van der Waals surface area contributed by atoms with Gasteiger partial charge in [-0.05, 0) is 52.2 Å². The van der Waals surface area contributed by atoms with Crippen molar-refractivity contribution in [2.75, 3.05) is 12.5 Å². The average molecular weight is 586 g/mol. The molecule has 1 rings (SSSR count). The van der Waals surface area contributed by atoms with Crippen LogP contribution >= 0.6 is 27.5 Å². The molecular formula is C26H41BrClF3N2O2. The summed E-state index contributed by atoms with van der Waals surface area (Å²) < 4.78 is 43.3. The number of nitrogens with zero attached hydrogens (tertiary/aromatic N) is 1. The van der Waals surface area contributed by atoms with Crippen molar-refractivity contribution in [3.63, 3.8) is 0 Å². The Labute approximate surface area is 221 Å². The summed E-state index contributed by atoms with van der Waals surface area (Å²) in [5.74, 6) is -2.50. The Morgan fingerprint density at radius 2 is 1.63 bits per heavy atom. The third-order valence-corrected chi connectivity index (χ3v) is 8.08. The van der Waals surface area contributed by atoms with Gasteiger partial charge in [0.2, 0.25) is 5.91 Å². The van der Waals surface area contributed by atoms with Gasteiger partial charge >= 0.3 is 0 Å². The predicted octanol–water partition coefficient (Wildman–Crippen LogP) is 7.67. The van der Waals surface area contributed by atoms with Crippen LogP contribution in [0.5, 0.6) is 0 Å². The third-order valence-electron chi connectivity index (χ3n) is 7.43. The molecular weight excluding hydrogens is 545 g/mol. The van der Waals surface area contributed by atoms with Gasteiger partial charge in [-0.2, -0.15) is 0 Å². The summed E-state index contributed by atoms with van der Waals surface area (Å²) in [6, 6.07) is 1.46. The van der Waals surface area contributed by atoms with E-state index in [4.69, 9.17) is 11.6 Å². The number of aryl methyl sites for hydroxylation is 1. The highest BCUT2D eigenvalue weighted by molar-refractivity contribution is 9.10. The second-order valence-corrected chi connectivity index (χ2v) is 10.5. The fraction of sp³-hybridized carbons (Fsp3) is 0.769. The molecule has 0 aromatic carbocycles. The molecule has 2 N–H and O–H groups in total. The van der Waals surface area contributed by atoms with Crippen LogP contribution in [-0.4, -0.2) is 34.9 Å². The number of rotatable bonds is 18. The normalized spacial score (nSPS) is 13.8. The minimum absolute atomic E-state index is 0.157. The van der Waals surface area contributed by atoms with Gasteiger partial charge in [0, 0.05) is 0 Å². The first-order valence-corrected chi connectivity index (χ1v) is 14.1. The van der Waals surface area contributed by atoms with Gasteiger partial charge in [0.05, 0.1) is 6.61 Å². The molecule has 9 heteroatoms. The molecule has 0 aliphatic heterocycles. The molecule has 0 saturated carbocycles. The second kappa shape index (κ2) is 16.1. The fourth-order valence-electron chi connectivity index (χ4n) is 4.69. The molecule has 1 aromatic heterocycles. The van der Waals surface area contributed by atoms with Crippen LogP contribution in [0.1, 0.15) is 103 Å². The smallest absolute Gasteiger partial charge is 0.269 e. The lowest BCUT2D eigenvalue weighted by molar-refractivity contribution is -0.125. The first-order valence-electron chi connectivity index (χ1n) is 12.8. The highest BCUT2D eigenvalue weighted by Crippen LogP contribution is 2.36. The number of hydrogen-bond donors (Lipinski definition) is 2. The Balaban J connectivity index is 2.65. The van der Waals surface area contributed by atoms with Crippen molar-refractivity contribution in [1.29, 1.82) is 0 Å². The Hall–Kier alpha value is -0.860. The summed E-state index contributed by atoms with van der Waals surface area (Å²) in [5, 5.41) is 11.7. The highest BCUT2D eigenvalue weighted by atomic mass is 79.9. The van der Waals surface area contributed by atoms with E-state index in [1.807, 2.05) is 5.32 Å². The van der Waals surface area contributed by atoms with Crippen LogP contribution in [0.3, 0.4) is 0 Å². The minimum atomic E-state index is -3.29. The van der Waals surface area contributed by atoms with E-state index in [1.54, 1.807) is 0 Å². The van der Waals surface area contributed by atoms with E-state index in [2.05, 4.69) is 41.7 Å². The first kappa shape index (κ1) is 32.2. The molecule has 1 amide bonds. The fourth-order valence-corrected chi connectivity index (χ4v) is 5.21. The molecule has 202 valence electrons. The Kier molecular flexibility index (Phi) is 14.8. The summed E-state index contributed by atoms with van der Waals surface area (Å²) in [6.07, 6.45) is 9.46. The monoisotopic (exact) mass is 584 g/mol. The van der Waals surface area contributed by atoms with Gasteiger partial charge in [-0.1, -0.05) is 78.6 Å². The van der Waals surface area contributed by atoms with Crippen molar-refractivity contribution >= 4 is 33.4 Å². The standard InChI is InChI=1S/C26H41BrClF3N2O2/c1-4-25(5-2,6-3)15-13-11-9-7-8-10-12-14-19-16-20(27)32-23(22(19)29)26(18-34,24(30)31)33-21(35)17-28/h16,24,34H,4-15,17-18H2,1-3H3,(H,33,35)/t26-/m0/s1. The highest BCUT2D eigenvalue weighted by Gasteiger charge is 2.47. The number of carbonyl (C=O) groups is 1. The minimum Gasteiger partial charge on any atom is -0.393 e. The maximum atomic E-state index is 15.2. The van der Waals surface area contributed by atoms with Crippen molar-refractivity contribution < 1.29 is 23.1 Å². The van der Waals surface area contributed by atoms with E-state index in [9.17, 15) is 18.7 Å². The number of aliphatic hydroxyl groups excluding tert-OH is 1. The number of halogens is 5. The summed E-state index contributed by atoms with van der Waals surface area (Å²) in [4.78, 5) is 15.6. The van der Waals surface area contributed by atoms with E-state index < -0.39 is 41.9 Å². The van der Waals surface area contributed by atoms with Crippen LogP contribution < -0.4 is 5.32 Å². The maximum absolute atomic E-state index is 15.2. The van der Waals surface area contributed by atoms with Gasteiger partial charge in [0.25, 0.3) is 6.43 Å². The van der Waals surface area contributed by atoms with Crippen LogP contribution in [0.15, 0.2) is 10.7 Å². The largest absolute Gasteiger partial charge is 0.393 e. The van der Waals surface area contributed by atoms with E-state index in [0.29, 0.717) is 18.3 Å². The molecule has 0 radical (unpaired) electrons. The van der Waals surface area contributed by atoms with Crippen LogP contribution in [0.25, 0.3) is 0 Å². The molecule has 0 aliphatic carbocycles. The molecule has 0 bridgehead atoms. The van der Waals surface area contributed by atoms with Crippen LogP contribution in [0.2, 0.25) is 0 Å². The number of alkyl halides is 3. The molecule has 4 nitrogen and oxygen atoms in total. The number of nitrogens with one attached hydrogen (secondary N) is 1. The molecule has 0 unspecified atom stereocenters. The van der Waals surface area contributed by atoms with Gasteiger partial charge in [0.1, 0.15) is 16.2 Å². The topological polar surface area (TPSA) is 62.2 Å². The number of aliphatic hydroxyl groups is 1. The lowest BCUT2D eigenvalue weighted by Gasteiger charge is -2.32. The van der Waals surface area contributed by atoms with E-state index in [1.165, 1.54) is 51.0 Å². The summed E-state index contributed by atoms with van der Waals surface area (Å²) in [7, 11) is 0. The zero-order valence-corrected chi connectivity index (χ0v) is 23.6. The quantitative estimate of drug-likeness (QED) is 0.106. The average Bonchev–Trinajstić information content (AvgIpc) is 2.85. The molecule has 0 spiro atoms. The number of amides is 1. The summed E-state index contributed by atoms with van der Waals surface area (Å²) >= 11 is 8.57. The molecule has 35 heavy (non-hydrogen) atoms. The van der Waals surface area contributed by atoms with Gasteiger partial charge < -0.3 is 10.4 Å². The Morgan fingerprint density at radius 1 is 1.09 bits per heavy atom. The van der Waals surface area contributed by atoms with Crippen molar-refractivity contribution in [2.24, 2.45) is 5.41 Å². The number of pyridine rings is 1. The molecule has 0 aliphatic rings. The van der Waals surface area contributed by atoms with Gasteiger partial charge in [0.15, 0.2) is 11.4 Å². The summed E-state index contributed by atoms with van der Waals surface area (Å²) in [5.41, 5.74) is -2.65. The molecule has 1 atom stereocenters. The number of carbonyl (C=O) groups excluding carboxylic acids is 1. The third kappa shape index (κ3) is 9.19. The SMILES string of the molecule is CCC(CC)(CC)CCCCCCCCCc1cc(Br)nc([C@](CO)(NC(=O)CCl)C(F)F)c1F. The summed E-state index contributed by atoms with van der Waals surface area (Å²) in [6.45, 7) is 5.64. The lowest BCUT2D eigenvalue weighted by Crippen LogP contribution is -2.55. The zero-order valence-electron chi connectivity index (χ0n) is 21.2. The van der Waals surface area contributed by atoms with E-state index in [-0.39, 0.29) is 10.2 Å². The van der Waals surface area contributed by atoms with Crippen molar-refractivity contribution in [2.45, 2.75) is 110 Å². The van der Waals surface area contributed by atoms with E-state index >= 15 is 4.39 Å². The lowest BCUT2D eigenvalue weighted by atomic mass is 9.75. The van der Waals surface area contributed by atoms with Gasteiger partial charge in [-0.15, -0.1) is 11.6 Å². The van der Waals surface area contributed by atoms with Gasteiger partial charge in [-0.3, -0.25) is 4.79 Å². The molecule has 1 heterocycles. The number of hydrogen-bond acceptors (Lipinski definition) is 3. The number of unbranched alkanes of at least 4 members (excludes halogenated alkanes) is 6. The van der Waals surface area contributed by atoms with Crippen molar-refractivity contribution in [3.05, 3.63) is 27.7 Å². The maximum Gasteiger partial charge on any atom is 0.269 e. The van der Waals surface area contributed by atoms with Crippen molar-refractivity contribution in [1.82, 2.24) is 10.3 Å². The van der Waals surface area contributed by atoms with Crippen molar-refractivity contribution in [3.8, 4) is 0 Å². The Morgan fingerprint density at radius 3 is 2.11 bits per heavy atom. The second-order valence-electron chi connectivity index (χ2n) is 9.41. The van der Waals surface area contributed by atoms with Crippen LogP contribution in [-0.2, 0) is 16.8 Å². The molecule has 0 saturated heterocycles. The first-order chi connectivity index (χ1) is 16.6.